The first-order valence-corrected chi connectivity index (χ1v) is 11.2. The van der Waals surface area contributed by atoms with Crippen LogP contribution in [0.4, 0.5) is 17.1 Å². The van der Waals surface area contributed by atoms with Gasteiger partial charge in [-0.1, -0.05) is 56.9 Å². The molecule has 0 amide bonds. The minimum Gasteiger partial charge on any atom is -0.290 e. The summed E-state index contributed by atoms with van der Waals surface area (Å²) in [5.41, 5.74) is -2.19. The Kier molecular flexibility index (Phi) is 7.01. The lowest BCUT2D eigenvalue weighted by Crippen LogP contribution is -2.43. The molecule has 0 aliphatic heterocycles. The van der Waals surface area contributed by atoms with Gasteiger partial charge in [0.05, 0.1) is 22.6 Å². The molecule has 0 saturated heterocycles. The summed E-state index contributed by atoms with van der Waals surface area (Å²) in [5, 5.41) is 39.4. The van der Waals surface area contributed by atoms with Crippen LogP contribution in [-0.4, -0.2) is 30.2 Å². The first kappa shape index (κ1) is 25.1. The van der Waals surface area contributed by atoms with Gasteiger partial charge in [0.2, 0.25) is 29.8 Å². The Morgan fingerprint density at radius 1 is 0.919 bits per heavy atom. The number of rotatable bonds is 9. The number of nitro benzene ring substituents is 3. The first-order valence-electron chi connectivity index (χ1n) is 10.4. The molecular formula is C23H15BrN6O7. The van der Waals surface area contributed by atoms with Crippen molar-refractivity contribution < 1.29 is 24.2 Å². The van der Waals surface area contributed by atoms with E-state index in [0.29, 0.717) is 23.3 Å². The second-order valence-electron chi connectivity index (χ2n) is 7.64. The third-order valence-electron chi connectivity index (χ3n) is 5.27. The predicted octanol–water partition coefficient (Wildman–Crippen LogP) is 4.02. The molecule has 14 heteroatoms. The van der Waals surface area contributed by atoms with Crippen molar-refractivity contribution in [1.82, 2.24) is 9.67 Å². The maximum atomic E-state index is 12.7. The molecule has 0 atom stereocenters. The van der Waals surface area contributed by atoms with Crippen LogP contribution in [-0.2, 0) is 6.54 Å². The molecule has 0 spiro atoms. The highest BCUT2D eigenvalue weighted by atomic mass is 79.9. The third-order valence-corrected chi connectivity index (χ3v) is 5.80. The zero-order valence-electron chi connectivity index (χ0n) is 18.6. The molecule has 0 saturated carbocycles. The van der Waals surface area contributed by atoms with Crippen molar-refractivity contribution in [1.29, 1.82) is 0 Å². The molecule has 37 heavy (non-hydrogen) atoms. The number of carbonyl (C=O) groups excluding carboxylic acids is 1. The summed E-state index contributed by atoms with van der Waals surface area (Å²) in [6.07, 6.45) is 2.65. The van der Waals surface area contributed by atoms with Crippen LogP contribution in [0.1, 0.15) is 21.5 Å². The van der Waals surface area contributed by atoms with E-state index in [-0.39, 0.29) is 18.4 Å². The molecule has 1 aromatic heterocycles. The van der Waals surface area contributed by atoms with E-state index < -0.39 is 37.4 Å². The van der Waals surface area contributed by atoms with Crippen LogP contribution in [0.15, 0.2) is 83.9 Å². The van der Waals surface area contributed by atoms with E-state index in [2.05, 4.69) is 21.0 Å². The molecule has 0 aliphatic rings. The summed E-state index contributed by atoms with van der Waals surface area (Å²) in [5.74, 6) is -0.245. The Labute approximate surface area is 216 Å². The van der Waals surface area contributed by atoms with Crippen LogP contribution in [0.25, 0.3) is 0 Å². The molecule has 4 aromatic rings. The summed E-state index contributed by atoms with van der Waals surface area (Å²) in [6, 6.07) is 16.0. The van der Waals surface area contributed by atoms with Crippen molar-refractivity contribution >= 4 is 38.8 Å². The van der Waals surface area contributed by atoms with Gasteiger partial charge in [-0.2, -0.15) is 4.68 Å². The van der Waals surface area contributed by atoms with E-state index in [1.54, 1.807) is 54.6 Å². The van der Waals surface area contributed by atoms with Crippen LogP contribution >= 0.6 is 15.9 Å². The Bertz CT molecular complexity index is 1490. The topological polar surface area (TPSA) is 168 Å². The number of nitro groups is 3. The van der Waals surface area contributed by atoms with Crippen LogP contribution in [0, 0.1) is 36.4 Å². The summed E-state index contributed by atoms with van der Waals surface area (Å²) in [7, 11) is 0. The van der Waals surface area contributed by atoms with Crippen molar-refractivity contribution in [2.45, 2.75) is 6.54 Å². The summed E-state index contributed by atoms with van der Waals surface area (Å²) in [6.45, 7) is -0.131. The number of ketones is 1. The second-order valence-corrected chi connectivity index (χ2v) is 8.55. The fourth-order valence-corrected chi connectivity index (χ4v) is 3.90. The number of hydrogen-bond acceptors (Lipinski definition) is 8. The van der Waals surface area contributed by atoms with Gasteiger partial charge in [-0.3, -0.25) is 35.1 Å². The lowest BCUT2D eigenvalue weighted by Gasteiger charge is -2.19. The van der Waals surface area contributed by atoms with Gasteiger partial charge < -0.3 is 0 Å². The maximum Gasteiger partial charge on any atom is 0.270 e. The third kappa shape index (κ3) is 5.33. The number of Topliss-reactive ketones (excluding diaryl/α,β-unsaturated/α-hetero) is 1. The lowest BCUT2D eigenvalue weighted by molar-refractivity contribution is -0.705. The Hall–Kier alpha value is -4.98. The molecule has 13 nitrogen and oxygen atoms in total. The van der Waals surface area contributed by atoms with Crippen molar-refractivity contribution in [3.8, 4) is 0 Å². The van der Waals surface area contributed by atoms with Crippen LogP contribution < -0.4 is 4.68 Å². The molecule has 0 radical (unpaired) electrons. The average molecular weight is 567 g/mol. The molecule has 4 rings (SSSR count). The quantitative estimate of drug-likeness (QED) is 0.0961. The van der Waals surface area contributed by atoms with Crippen LogP contribution in [0.2, 0.25) is 0 Å². The normalized spacial score (nSPS) is 10.6. The highest BCUT2D eigenvalue weighted by Gasteiger charge is 2.35. The van der Waals surface area contributed by atoms with Crippen molar-refractivity contribution in [2.24, 2.45) is 0 Å². The number of non-ortho nitro benzene ring substituents is 1. The summed E-state index contributed by atoms with van der Waals surface area (Å²) in [4.78, 5) is 45.1. The summed E-state index contributed by atoms with van der Waals surface area (Å²) < 4.78 is 3.37. The highest BCUT2D eigenvalue weighted by molar-refractivity contribution is 9.10. The van der Waals surface area contributed by atoms with E-state index in [0.717, 1.165) is 9.15 Å². The zero-order valence-corrected chi connectivity index (χ0v) is 20.2. The fraction of sp³-hybridized carbons (Fsp3) is 0.0435. The SMILES string of the molecule is O=C(Cn1cn[n+]([C-](c2ccccc2)c2c([N+](=O)[O-])cc([N+](=O)[O-])cc2[N+](=O)[O-])c1)c1ccc(Br)cc1. The standard InChI is InChI=1S/C23H15BrN6O7/c24-17-8-6-15(7-9-17)21(31)12-26-13-25-27(14-26)23(16-4-2-1-3-5-16)22-19(29(34)35)10-18(28(32)33)11-20(22)30(36)37/h1-11,13-14H,12H2. The van der Waals surface area contributed by atoms with Gasteiger partial charge in [0, 0.05) is 19.9 Å². The van der Waals surface area contributed by atoms with Crippen molar-refractivity contribution in [2.75, 3.05) is 0 Å². The van der Waals surface area contributed by atoms with Crippen LogP contribution in [0.3, 0.4) is 0 Å². The Morgan fingerprint density at radius 3 is 2.05 bits per heavy atom. The number of halogens is 1. The molecule has 3 aromatic carbocycles. The van der Waals surface area contributed by atoms with Gasteiger partial charge in [0.25, 0.3) is 5.69 Å². The second kappa shape index (κ2) is 10.3. The Balaban J connectivity index is 1.85. The van der Waals surface area contributed by atoms with E-state index in [1.165, 1.54) is 17.2 Å². The number of aromatic nitrogens is 3. The van der Waals surface area contributed by atoms with E-state index in [1.807, 2.05) is 0 Å². The molecule has 0 fully saturated rings. The average Bonchev–Trinajstić information content (AvgIpc) is 3.32. The van der Waals surface area contributed by atoms with Gasteiger partial charge in [-0.15, -0.1) is 12.1 Å². The zero-order chi connectivity index (χ0) is 26.7. The monoisotopic (exact) mass is 566 g/mol. The lowest BCUT2D eigenvalue weighted by atomic mass is 9.95. The van der Waals surface area contributed by atoms with Crippen molar-refractivity contribution in [3.05, 3.63) is 137 Å². The number of hydrogen-bond donors (Lipinski definition) is 0. The minimum atomic E-state index is -0.943. The minimum absolute atomic E-state index is 0.0660. The van der Waals surface area contributed by atoms with Gasteiger partial charge >= 0.3 is 0 Å². The number of carbonyl (C=O) groups is 1. The predicted molar refractivity (Wildman–Crippen MR) is 131 cm³/mol. The molecule has 0 aliphatic carbocycles. The van der Waals surface area contributed by atoms with Gasteiger partial charge in [-0.05, 0) is 12.1 Å². The number of benzene rings is 3. The molecule has 186 valence electrons. The molecule has 0 N–H and O–H groups in total. The maximum absolute atomic E-state index is 12.7. The van der Waals surface area contributed by atoms with Gasteiger partial charge in [0.15, 0.2) is 0 Å². The first-order chi connectivity index (χ1) is 17.7. The van der Waals surface area contributed by atoms with Gasteiger partial charge in [0.1, 0.15) is 12.6 Å². The number of nitrogens with zero attached hydrogens (tertiary/aromatic N) is 6. The van der Waals surface area contributed by atoms with E-state index in [4.69, 9.17) is 0 Å². The van der Waals surface area contributed by atoms with Crippen molar-refractivity contribution in [3.63, 3.8) is 0 Å². The highest BCUT2D eigenvalue weighted by Crippen LogP contribution is 2.39. The van der Waals surface area contributed by atoms with Gasteiger partial charge in [-0.25, -0.2) is 4.57 Å². The Morgan fingerprint density at radius 2 is 1.51 bits per heavy atom. The largest absolute Gasteiger partial charge is 0.290 e. The smallest absolute Gasteiger partial charge is 0.270 e. The molecule has 0 unspecified atom stereocenters. The van der Waals surface area contributed by atoms with E-state index in [9.17, 15) is 35.1 Å². The fourth-order valence-electron chi connectivity index (χ4n) is 3.63. The summed E-state index contributed by atoms with van der Waals surface area (Å²) >= 11 is 3.30. The molecular weight excluding hydrogens is 552 g/mol. The van der Waals surface area contributed by atoms with Crippen LogP contribution in [0.5, 0.6) is 0 Å². The molecule has 0 bridgehead atoms. The molecule has 1 heterocycles. The van der Waals surface area contributed by atoms with E-state index >= 15 is 0 Å².